The number of aromatic amines is 1. The van der Waals surface area contributed by atoms with Crippen molar-refractivity contribution in [1.29, 1.82) is 0 Å². The fourth-order valence-corrected chi connectivity index (χ4v) is 4.24. The standard InChI is InChI=1S/C23H23N5O/c29-23(19-4-3-18-7-10-25-21(18)14-19)28-12-1-2-20(16-28)22-26-11-13-27(22)15-17-5-8-24-9-6-17/h3-11,13-14,20,25H,1-2,12,15-16H2/t20-/m1/s1. The maximum atomic E-state index is 13.1. The van der Waals surface area contributed by atoms with Gasteiger partial charge in [-0.05, 0) is 54.1 Å². The number of likely N-dealkylation sites (tertiary alicyclic amines) is 1. The molecule has 6 nitrogen and oxygen atoms in total. The van der Waals surface area contributed by atoms with Gasteiger partial charge in [-0.2, -0.15) is 0 Å². The molecule has 0 saturated carbocycles. The number of rotatable bonds is 4. The van der Waals surface area contributed by atoms with Gasteiger partial charge in [-0.3, -0.25) is 9.78 Å². The maximum Gasteiger partial charge on any atom is 0.253 e. The summed E-state index contributed by atoms with van der Waals surface area (Å²) in [4.78, 5) is 27.0. The van der Waals surface area contributed by atoms with Crippen molar-refractivity contribution >= 4 is 16.8 Å². The Morgan fingerprint density at radius 1 is 1.14 bits per heavy atom. The molecule has 1 aromatic carbocycles. The summed E-state index contributed by atoms with van der Waals surface area (Å²) < 4.78 is 2.19. The number of fused-ring (bicyclic) bond motifs is 1. The van der Waals surface area contributed by atoms with Crippen LogP contribution in [0.2, 0.25) is 0 Å². The van der Waals surface area contributed by atoms with Crippen LogP contribution in [-0.4, -0.2) is 43.4 Å². The van der Waals surface area contributed by atoms with E-state index in [0.717, 1.165) is 48.2 Å². The highest BCUT2D eigenvalue weighted by Crippen LogP contribution is 2.27. The monoisotopic (exact) mass is 385 g/mol. The van der Waals surface area contributed by atoms with E-state index in [0.29, 0.717) is 6.54 Å². The van der Waals surface area contributed by atoms with Crippen LogP contribution in [0.3, 0.4) is 0 Å². The zero-order valence-electron chi connectivity index (χ0n) is 16.2. The molecule has 5 rings (SSSR count). The molecule has 1 atom stereocenters. The van der Waals surface area contributed by atoms with Gasteiger partial charge in [0.25, 0.3) is 5.91 Å². The summed E-state index contributed by atoms with van der Waals surface area (Å²) in [5, 5.41) is 1.12. The average molecular weight is 385 g/mol. The molecule has 4 aromatic rings. The van der Waals surface area contributed by atoms with E-state index in [9.17, 15) is 4.79 Å². The molecule has 0 radical (unpaired) electrons. The first kappa shape index (κ1) is 17.7. The lowest BCUT2D eigenvalue weighted by atomic mass is 9.96. The number of H-pyrrole nitrogens is 1. The maximum absolute atomic E-state index is 13.1. The quantitative estimate of drug-likeness (QED) is 0.581. The number of carbonyl (C=O) groups excluding carboxylic acids is 1. The van der Waals surface area contributed by atoms with Gasteiger partial charge in [0.1, 0.15) is 5.82 Å². The molecule has 1 saturated heterocycles. The second kappa shape index (κ2) is 7.54. The van der Waals surface area contributed by atoms with Crippen LogP contribution in [0, 0.1) is 0 Å². The van der Waals surface area contributed by atoms with Crippen molar-refractivity contribution in [2.45, 2.75) is 25.3 Å². The number of amides is 1. The van der Waals surface area contributed by atoms with Gasteiger partial charge in [0.2, 0.25) is 0 Å². The van der Waals surface area contributed by atoms with Crippen molar-refractivity contribution in [1.82, 2.24) is 24.4 Å². The highest BCUT2D eigenvalue weighted by molar-refractivity contribution is 5.98. The van der Waals surface area contributed by atoms with E-state index in [1.165, 1.54) is 5.56 Å². The number of hydrogen-bond donors (Lipinski definition) is 1. The molecule has 1 amide bonds. The third-order valence-electron chi connectivity index (χ3n) is 5.73. The zero-order valence-corrected chi connectivity index (χ0v) is 16.2. The van der Waals surface area contributed by atoms with E-state index in [2.05, 4.69) is 19.5 Å². The number of benzene rings is 1. The first-order valence-electron chi connectivity index (χ1n) is 10.0. The van der Waals surface area contributed by atoms with Crippen LogP contribution in [0.25, 0.3) is 10.9 Å². The summed E-state index contributed by atoms with van der Waals surface area (Å²) >= 11 is 0. The first-order chi connectivity index (χ1) is 14.3. The summed E-state index contributed by atoms with van der Waals surface area (Å²) in [6, 6.07) is 11.9. The molecule has 0 aliphatic carbocycles. The summed E-state index contributed by atoms with van der Waals surface area (Å²) in [6.45, 7) is 2.27. The minimum atomic E-state index is 0.0958. The molecule has 0 spiro atoms. The zero-order chi connectivity index (χ0) is 19.6. The lowest BCUT2D eigenvalue weighted by Gasteiger charge is -2.33. The van der Waals surface area contributed by atoms with Gasteiger partial charge >= 0.3 is 0 Å². The van der Waals surface area contributed by atoms with Gasteiger partial charge in [0.15, 0.2) is 0 Å². The van der Waals surface area contributed by atoms with E-state index in [4.69, 9.17) is 0 Å². The van der Waals surface area contributed by atoms with Gasteiger partial charge in [-0.15, -0.1) is 0 Å². The van der Waals surface area contributed by atoms with Crippen LogP contribution in [0.15, 0.2) is 67.4 Å². The normalized spacial score (nSPS) is 17.0. The third kappa shape index (κ3) is 3.53. The number of piperidine rings is 1. The van der Waals surface area contributed by atoms with Crippen molar-refractivity contribution in [2.75, 3.05) is 13.1 Å². The number of imidazole rings is 1. The Bertz CT molecular complexity index is 1130. The number of pyridine rings is 1. The molecule has 1 aliphatic heterocycles. The predicted octanol–water partition coefficient (Wildman–Crippen LogP) is 3.83. The van der Waals surface area contributed by atoms with E-state index < -0.39 is 0 Å². The summed E-state index contributed by atoms with van der Waals surface area (Å²) in [5.74, 6) is 1.40. The second-order valence-corrected chi connectivity index (χ2v) is 7.64. The average Bonchev–Trinajstić information content (AvgIpc) is 3.43. The molecule has 0 bridgehead atoms. The third-order valence-corrected chi connectivity index (χ3v) is 5.73. The van der Waals surface area contributed by atoms with Gasteiger partial charge in [-0.25, -0.2) is 4.98 Å². The molecule has 1 aliphatic rings. The van der Waals surface area contributed by atoms with Crippen LogP contribution >= 0.6 is 0 Å². The topological polar surface area (TPSA) is 66.8 Å². The molecule has 29 heavy (non-hydrogen) atoms. The second-order valence-electron chi connectivity index (χ2n) is 7.64. The fourth-order valence-electron chi connectivity index (χ4n) is 4.24. The van der Waals surface area contributed by atoms with E-state index in [1.54, 1.807) is 0 Å². The number of aromatic nitrogens is 4. The predicted molar refractivity (Wildman–Crippen MR) is 112 cm³/mol. The lowest BCUT2D eigenvalue weighted by Crippen LogP contribution is -2.39. The molecule has 0 unspecified atom stereocenters. The molecule has 1 N–H and O–H groups in total. The Kier molecular flexibility index (Phi) is 4.60. The fraction of sp³-hybridized carbons (Fsp3) is 0.261. The van der Waals surface area contributed by atoms with Crippen molar-refractivity contribution in [2.24, 2.45) is 0 Å². The summed E-state index contributed by atoms with van der Waals surface area (Å²) in [6.07, 6.45) is 11.4. The van der Waals surface area contributed by atoms with Gasteiger partial charge in [0.05, 0.1) is 0 Å². The highest BCUT2D eigenvalue weighted by Gasteiger charge is 2.28. The van der Waals surface area contributed by atoms with Crippen LogP contribution < -0.4 is 0 Å². The van der Waals surface area contributed by atoms with Gasteiger partial charge in [0, 0.05) is 67.6 Å². The molecule has 1 fully saturated rings. The van der Waals surface area contributed by atoms with E-state index >= 15 is 0 Å². The van der Waals surface area contributed by atoms with Crippen molar-refractivity contribution in [3.8, 4) is 0 Å². The number of nitrogens with one attached hydrogen (secondary N) is 1. The number of hydrogen-bond acceptors (Lipinski definition) is 3. The SMILES string of the molecule is O=C(c1ccc2cc[nH]c2c1)N1CCC[C@@H](c2nccn2Cc2ccncc2)C1. The van der Waals surface area contributed by atoms with Crippen molar-refractivity contribution in [3.63, 3.8) is 0 Å². The Morgan fingerprint density at radius 3 is 2.93 bits per heavy atom. The minimum absolute atomic E-state index is 0.0958. The number of nitrogens with zero attached hydrogens (tertiary/aromatic N) is 4. The van der Waals surface area contributed by atoms with Crippen molar-refractivity contribution in [3.05, 3.63) is 84.3 Å². The Morgan fingerprint density at radius 2 is 2.03 bits per heavy atom. The molecular weight excluding hydrogens is 362 g/mol. The van der Waals surface area contributed by atoms with Gasteiger partial charge in [-0.1, -0.05) is 6.07 Å². The molecule has 146 valence electrons. The first-order valence-corrected chi connectivity index (χ1v) is 10.0. The molecule has 6 heteroatoms. The van der Waals surface area contributed by atoms with E-state index in [1.807, 2.05) is 72.3 Å². The summed E-state index contributed by atoms with van der Waals surface area (Å²) in [5.41, 5.74) is 2.93. The van der Waals surface area contributed by atoms with E-state index in [-0.39, 0.29) is 11.8 Å². The van der Waals surface area contributed by atoms with Gasteiger partial charge < -0.3 is 14.5 Å². The van der Waals surface area contributed by atoms with Crippen LogP contribution in [0.5, 0.6) is 0 Å². The minimum Gasteiger partial charge on any atom is -0.361 e. The van der Waals surface area contributed by atoms with Crippen LogP contribution in [0.4, 0.5) is 0 Å². The highest BCUT2D eigenvalue weighted by atomic mass is 16.2. The molecule has 4 heterocycles. The molecule has 3 aromatic heterocycles. The lowest BCUT2D eigenvalue weighted by molar-refractivity contribution is 0.0703. The van der Waals surface area contributed by atoms with Crippen molar-refractivity contribution < 1.29 is 4.79 Å². The Labute approximate surface area is 169 Å². The Hall–Kier alpha value is -3.41. The van der Waals surface area contributed by atoms with Crippen LogP contribution in [0.1, 0.15) is 40.5 Å². The summed E-state index contributed by atoms with van der Waals surface area (Å²) in [7, 11) is 0. The largest absolute Gasteiger partial charge is 0.361 e. The van der Waals surface area contributed by atoms with Crippen LogP contribution in [-0.2, 0) is 6.54 Å². The smallest absolute Gasteiger partial charge is 0.253 e. The molecular formula is C23H23N5O. The number of carbonyl (C=O) groups is 1. The Balaban J connectivity index is 1.34.